The molecule has 132 valence electrons. The first-order valence-corrected chi connectivity index (χ1v) is 10.4. The smallest absolute Gasteiger partial charge is 0.241 e. The molecule has 0 radical (unpaired) electrons. The predicted octanol–water partition coefficient (Wildman–Crippen LogP) is -0.266. The second-order valence-electron chi connectivity index (χ2n) is 6.79. The average Bonchev–Trinajstić information content (AvgIpc) is 3.18. The second kappa shape index (κ2) is 7.04. The van der Waals surface area contributed by atoms with Gasteiger partial charge in [-0.15, -0.1) is 0 Å². The molecular formula is C15H27N3O4S. The maximum Gasteiger partial charge on any atom is 0.241 e. The number of nitrogens with zero attached hydrogens (tertiary/aromatic N) is 3. The van der Waals surface area contributed by atoms with Crippen molar-refractivity contribution >= 4 is 15.9 Å². The summed E-state index contributed by atoms with van der Waals surface area (Å²) in [7, 11) is -3.30. The van der Waals surface area contributed by atoms with E-state index in [1.807, 2.05) is 4.90 Å². The van der Waals surface area contributed by atoms with Crippen LogP contribution in [-0.4, -0.2) is 92.7 Å². The van der Waals surface area contributed by atoms with Crippen molar-refractivity contribution in [2.75, 3.05) is 52.1 Å². The van der Waals surface area contributed by atoms with E-state index < -0.39 is 16.1 Å². The molecule has 2 atom stereocenters. The van der Waals surface area contributed by atoms with Gasteiger partial charge in [-0.3, -0.25) is 9.69 Å². The molecule has 0 saturated carbocycles. The molecule has 0 N–H and O–H groups in total. The fourth-order valence-electron chi connectivity index (χ4n) is 3.82. The quantitative estimate of drug-likeness (QED) is 0.702. The van der Waals surface area contributed by atoms with Crippen LogP contribution in [-0.2, 0) is 19.6 Å². The van der Waals surface area contributed by atoms with Gasteiger partial charge in [-0.2, -0.15) is 4.31 Å². The lowest BCUT2D eigenvalue weighted by molar-refractivity contribution is -0.136. The monoisotopic (exact) mass is 345 g/mol. The standard InChI is InChI=1S/C15H27N3O4S/c1-23(20,21)18-6-2-5-14(18)15(19)17-9-7-16(8-10-17)12-13-4-3-11-22-13/h13-14H,2-12H2,1H3. The van der Waals surface area contributed by atoms with E-state index in [1.165, 1.54) is 10.6 Å². The molecule has 3 heterocycles. The highest BCUT2D eigenvalue weighted by Gasteiger charge is 2.39. The van der Waals surface area contributed by atoms with Gasteiger partial charge in [0.1, 0.15) is 6.04 Å². The van der Waals surface area contributed by atoms with Crippen LogP contribution >= 0.6 is 0 Å². The van der Waals surface area contributed by atoms with Crippen LogP contribution in [0, 0.1) is 0 Å². The summed E-state index contributed by atoms with van der Waals surface area (Å²) in [4.78, 5) is 16.9. The fraction of sp³-hybridized carbons (Fsp3) is 0.933. The Morgan fingerprint density at radius 1 is 1.09 bits per heavy atom. The van der Waals surface area contributed by atoms with Crippen LogP contribution in [0.1, 0.15) is 25.7 Å². The molecule has 3 fully saturated rings. The number of ether oxygens (including phenoxy) is 1. The van der Waals surface area contributed by atoms with Crippen LogP contribution in [0.3, 0.4) is 0 Å². The Hall–Kier alpha value is -0.700. The van der Waals surface area contributed by atoms with E-state index in [1.54, 1.807) is 0 Å². The van der Waals surface area contributed by atoms with E-state index in [0.29, 0.717) is 32.2 Å². The lowest BCUT2D eigenvalue weighted by Gasteiger charge is -2.37. The Balaban J connectivity index is 1.51. The van der Waals surface area contributed by atoms with Crippen LogP contribution in [0.4, 0.5) is 0 Å². The third-order valence-corrected chi connectivity index (χ3v) is 6.37. The van der Waals surface area contributed by atoms with Gasteiger partial charge in [0.25, 0.3) is 0 Å². The number of hydrogen-bond acceptors (Lipinski definition) is 5. The number of hydrogen-bond donors (Lipinski definition) is 0. The van der Waals surface area contributed by atoms with E-state index in [-0.39, 0.29) is 5.91 Å². The van der Waals surface area contributed by atoms with Crippen molar-refractivity contribution in [1.82, 2.24) is 14.1 Å². The van der Waals surface area contributed by atoms with Gasteiger partial charge in [0, 0.05) is 45.9 Å². The summed E-state index contributed by atoms with van der Waals surface area (Å²) in [5.41, 5.74) is 0. The number of amides is 1. The van der Waals surface area contributed by atoms with Gasteiger partial charge in [0.05, 0.1) is 12.4 Å². The largest absolute Gasteiger partial charge is 0.377 e. The first-order valence-electron chi connectivity index (χ1n) is 8.55. The van der Waals surface area contributed by atoms with Gasteiger partial charge in [-0.25, -0.2) is 8.42 Å². The third kappa shape index (κ3) is 4.04. The summed E-state index contributed by atoms with van der Waals surface area (Å²) in [6.45, 7) is 5.33. The van der Waals surface area contributed by atoms with E-state index in [9.17, 15) is 13.2 Å². The van der Waals surface area contributed by atoms with Crippen molar-refractivity contribution in [3.63, 3.8) is 0 Å². The zero-order valence-electron chi connectivity index (χ0n) is 13.8. The summed E-state index contributed by atoms with van der Waals surface area (Å²) in [6, 6.07) is -0.491. The van der Waals surface area contributed by atoms with Crippen molar-refractivity contribution in [3.8, 4) is 0 Å². The van der Waals surface area contributed by atoms with Gasteiger partial charge in [-0.05, 0) is 25.7 Å². The van der Waals surface area contributed by atoms with Crippen molar-refractivity contribution in [1.29, 1.82) is 0 Å². The molecule has 23 heavy (non-hydrogen) atoms. The van der Waals surface area contributed by atoms with Crippen molar-refractivity contribution < 1.29 is 17.9 Å². The molecule has 0 bridgehead atoms. The van der Waals surface area contributed by atoms with Gasteiger partial charge >= 0.3 is 0 Å². The first kappa shape index (κ1) is 17.1. The molecule has 8 heteroatoms. The Bertz CT molecular complexity index is 525. The highest BCUT2D eigenvalue weighted by molar-refractivity contribution is 7.88. The molecule has 0 spiro atoms. The topological polar surface area (TPSA) is 70.2 Å². The molecule has 3 aliphatic rings. The third-order valence-electron chi connectivity index (χ3n) is 5.08. The number of piperazine rings is 1. The van der Waals surface area contributed by atoms with Crippen molar-refractivity contribution in [2.24, 2.45) is 0 Å². The van der Waals surface area contributed by atoms with Crippen LogP contribution in [0.5, 0.6) is 0 Å². The Morgan fingerprint density at radius 3 is 2.43 bits per heavy atom. The van der Waals surface area contributed by atoms with Gasteiger partial charge in [-0.1, -0.05) is 0 Å². The fourth-order valence-corrected chi connectivity index (χ4v) is 4.94. The Labute approximate surface area is 138 Å². The molecule has 2 unspecified atom stereocenters. The van der Waals surface area contributed by atoms with E-state index >= 15 is 0 Å². The van der Waals surface area contributed by atoms with Crippen LogP contribution in [0.25, 0.3) is 0 Å². The summed E-state index contributed by atoms with van der Waals surface area (Å²) >= 11 is 0. The molecule has 7 nitrogen and oxygen atoms in total. The zero-order chi connectivity index (χ0) is 16.4. The van der Waals surface area contributed by atoms with Gasteiger partial charge in [0.15, 0.2) is 0 Å². The molecule has 0 aromatic heterocycles. The van der Waals surface area contributed by atoms with Crippen LogP contribution in [0.2, 0.25) is 0 Å². The summed E-state index contributed by atoms with van der Waals surface area (Å²) < 4.78 is 30.7. The van der Waals surface area contributed by atoms with Crippen molar-refractivity contribution in [3.05, 3.63) is 0 Å². The van der Waals surface area contributed by atoms with Gasteiger partial charge in [0.2, 0.25) is 15.9 Å². The summed E-state index contributed by atoms with van der Waals surface area (Å²) in [6.07, 6.45) is 5.21. The molecule has 3 aliphatic heterocycles. The normalized spacial score (nSPS) is 30.9. The molecule has 3 saturated heterocycles. The molecule has 3 rings (SSSR count). The zero-order valence-corrected chi connectivity index (χ0v) is 14.6. The molecule has 0 aromatic carbocycles. The van der Waals surface area contributed by atoms with E-state index in [4.69, 9.17) is 4.74 Å². The first-order chi connectivity index (χ1) is 10.9. The minimum atomic E-state index is -3.30. The van der Waals surface area contributed by atoms with E-state index in [0.717, 1.165) is 45.5 Å². The molecule has 1 amide bonds. The molecule has 0 aliphatic carbocycles. The minimum Gasteiger partial charge on any atom is -0.377 e. The summed E-state index contributed by atoms with van der Waals surface area (Å²) in [5, 5.41) is 0. The van der Waals surface area contributed by atoms with E-state index in [2.05, 4.69) is 4.90 Å². The van der Waals surface area contributed by atoms with Crippen LogP contribution in [0.15, 0.2) is 0 Å². The lowest BCUT2D eigenvalue weighted by Crippen LogP contribution is -2.55. The van der Waals surface area contributed by atoms with Gasteiger partial charge < -0.3 is 9.64 Å². The predicted molar refractivity (Wildman–Crippen MR) is 86.6 cm³/mol. The summed E-state index contributed by atoms with van der Waals surface area (Å²) in [5.74, 6) is -0.0234. The van der Waals surface area contributed by atoms with Crippen LogP contribution < -0.4 is 0 Å². The molecular weight excluding hydrogens is 318 g/mol. The maximum absolute atomic E-state index is 12.7. The minimum absolute atomic E-state index is 0.0234. The SMILES string of the molecule is CS(=O)(=O)N1CCCC1C(=O)N1CCN(CC2CCCO2)CC1. The maximum atomic E-state index is 12.7. The highest BCUT2D eigenvalue weighted by atomic mass is 32.2. The Morgan fingerprint density at radius 2 is 1.83 bits per heavy atom. The van der Waals surface area contributed by atoms with Crippen molar-refractivity contribution in [2.45, 2.75) is 37.8 Å². The Kier molecular flexibility index (Phi) is 5.25. The highest BCUT2D eigenvalue weighted by Crippen LogP contribution is 2.23. The number of carbonyl (C=O) groups is 1. The number of carbonyl (C=O) groups excluding carboxylic acids is 1. The second-order valence-corrected chi connectivity index (χ2v) is 8.73. The molecule has 0 aromatic rings. The number of rotatable bonds is 4. The lowest BCUT2D eigenvalue weighted by atomic mass is 10.1. The average molecular weight is 345 g/mol. The number of sulfonamides is 1.